The lowest BCUT2D eigenvalue weighted by atomic mass is 10.2. The maximum Gasteiger partial charge on any atom is 0.356 e. The van der Waals surface area contributed by atoms with Gasteiger partial charge in [-0.3, -0.25) is 4.79 Å². The Morgan fingerprint density at radius 1 is 1.50 bits per heavy atom. The second kappa shape index (κ2) is 4.91. The van der Waals surface area contributed by atoms with Gasteiger partial charge in [0.1, 0.15) is 11.4 Å². The highest BCUT2D eigenvalue weighted by molar-refractivity contribution is 5.94. The Morgan fingerprint density at radius 3 is 2.89 bits per heavy atom. The summed E-state index contributed by atoms with van der Waals surface area (Å²) in [4.78, 5) is 22.3. The van der Waals surface area contributed by atoms with E-state index in [0.717, 1.165) is 5.56 Å². The number of ether oxygens (including phenoxy) is 2. The molecule has 5 heteroatoms. The normalized spacial score (nSPS) is 20.4. The van der Waals surface area contributed by atoms with Crippen molar-refractivity contribution in [2.75, 3.05) is 0 Å². The summed E-state index contributed by atoms with van der Waals surface area (Å²) in [6, 6.07) is 6.89. The lowest BCUT2D eigenvalue weighted by Crippen LogP contribution is -2.16. The smallest absolute Gasteiger partial charge is 0.356 e. The van der Waals surface area contributed by atoms with Crippen LogP contribution in [0.25, 0.3) is 6.08 Å². The Balaban J connectivity index is 2.21. The molecule has 1 aromatic rings. The molecule has 0 spiro atoms. The Labute approximate surface area is 104 Å². The molecule has 1 heterocycles. The second-order valence-corrected chi connectivity index (χ2v) is 3.92. The molecular formula is C13H13NO4. The molecule has 0 amide bonds. The Morgan fingerprint density at radius 2 is 2.28 bits per heavy atom. The largest absolute Gasteiger partial charge is 0.437 e. The van der Waals surface area contributed by atoms with Crippen LogP contribution in [0.4, 0.5) is 0 Å². The van der Waals surface area contributed by atoms with Crippen LogP contribution in [0, 0.1) is 0 Å². The molecule has 1 aromatic carbocycles. The first-order valence-corrected chi connectivity index (χ1v) is 5.52. The molecule has 1 fully saturated rings. The van der Waals surface area contributed by atoms with Gasteiger partial charge in [0.15, 0.2) is 6.23 Å². The van der Waals surface area contributed by atoms with Gasteiger partial charge in [-0.15, -0.1) is 0 Å². The van der Waals surface area contributed by atoms with E-state index < -0.39 is 0 Å². The van der Waals surface area contributed by atoms with E-state index in [-0.39, 0.29) is 18.2 Å². The van der Waals surface area contributed by atoms with E-state index in [9.17, 15) is 9.59 Å². The van der Waals surface area contributed by atoms with Gasteiger partial charge in [0, 0.05) is 6.92 Å². The predicted octanol–water partition coefficient (Wildman–Crippen LogP) is 1.45. The Bertz CT molecular complexity index is 521. The van der Waals surface area contributed by atoms with Crippen molar-refractivity contribution in [3.05, 3.63) is 35.5 Å². The van der Waals surface area contributed by atoms with Crippen LogP contribution in [0.2, 0.25) is 0 Å². The van der Waals surface area contributed by atoms with E-state index in [1.54, 1.807) is 37.3 Å². The standard InChI is InChI=1S/C13H13NO4/c1-8-14-12(13(16)17-8)7-10-4-3-5-11(6-10)18-9(2)15/h3-8,14H,1-2H3/b12-7+/t8-/m1/s1. The molecule has 2 rings (SSSR count). The summed E-state index contributed by atoms with van der Waals surface area (Å²) >= 11 is 0. The molecular weight excluding hydrogens is 234 g/mol. The quantitative estimate of drug-likeness (QED) is 0.486. The van der Waals surface area contributed by atoms with Crippen molar-refractivity contribution in [2.45, 2.75) is 20.1 Å². The molecule has 0 radical (unpaired) electrons. The molecule has 94 valence electrons. The molecule has 0 saturated carbocycles. The van der Waals surface area contributed by atoms with Gasteiger partial charge < -0.3 is 14.8 Å². The predicted molar refractivity (Wildman–Crippen MR) is 64.4 cm³/mol. The van der Waals surface area contributed by atoms with E-state index in [2.05, 4.69) is 5.32 Å². The van der Waals surface area contributed by atoms with Crippen molar-refractivity contribution >= 4 is 18.0 Å². The van der Waals surface area contributed by atoms with Crippen LogP contribution in [0.1, 0.15) is 19.4 Å². The minimum Gasteiger partial charge on any atom is -0.437 e. The summed E-state index contributed by atoms with van der Waals surface area (Å²) < 4.78 is 9.90. The summed E-state index contributed by atoms with van der Waals surface area (Å²) in [6.07, 6.45) is 1.33. The summed E-state index contributed by atoms with van der Waals surface area (Å²) in [5.41, 5.74) is 1.14. The SMILES string of the molecule is CC(=O)Oc1cccc(/C=C2/N[C@@H](C)OC2=O)c1. The Kier molecular flexibility index (Phi) is 3.32. The van der Waals surface area contributed by atoms with Crippen LogP contribution in [0.5, 0.6) is 5.75 Å². The lowest BCUT2D eigenvalue weighted by molar-refractivity contribution is -0.138. The van der Waals surface area contributed by atoms with Crippen molar-refractivity contribution in [3.63, 3.8) is 0 Å². The highest BCUT2D eigenvalue weighted by Gasteiger charge is 2.23. The van der Waals surface area contributed by atoms with Gasteiger partial charge in [0.05, 0.1) is 0 Å². The van der Waals surface area contributed by atoms with Crippen LogP contribution in [-0.4, -0.2) is 18.2 Å². The van der Waals surface area contributed by atoms with Gasteiger partial charge in [-0.05, 0) is 30.7 Å². The summed E-state index contributed by atoms with van der Waals surface area (Å²) in [7, 11) is 0. The topological polar surface area (TPSA) is 64.6 Å². The van der Waals surface area contributed by atoms with Crippen LogP contribution >= 0.6 is 0 Å². The first-order valence-electron chi connectivity index (χ1n) is 5.52. The van der Waals surface area contributed by atoms with Gasteiger partial charge >= 0.3 is 11.9 Å². The monoisotopic (exact) mass is 247 g/mol. The first-order chi connectivity index (χ1) is 8.54. The molecule has 0 bridgehead atoms. The number of nitrogens with one attached hydrogen (secondary N) is 1. The average Bonchev–Trinajstić information content (AvgIpc) is 2.57. The number of carbonyl (C=O) groups is 2. The molecule has 0 unspecified atom stereocenters. The fourth-order valence-corrected chi connectivity index (χ4v) is 1.63. The zero-order chi connectivity index (χ0) is 13.1. The number of esters is 2. The van der Waals surface area contributed by atoms with Crippen LogP contribution in [0.3, 0.4) is 0 Å². The maximum atomic E-state index is 11.4. The molecule has 1 aliphatic rings. The number of hydrogen-bond donors (Lipinski definition) is 1. The average molecular weight is 247 g/mol. The van der Waals surface area contributed by atoms with Crippen molar-refractivity contribution in [1.29, 1.82) is 0 Å². The number of benzene rings is 1. The minimum atomic E-state index is -0.389. The second-order valence-electron chi connectivity index (χ2n) is 3.92. The van der Waals surface area contributed by atoms with Gasteiger partial charge in [-0.1, -0.05) is 12.1 Å². The number of cyclic esters (lactones) is 1. The number of hydrogen-bond acceptors (Lipinski definition) is 5. The van der Waals surface area contributed by atoms with E-state index in [1.165, 1.54) is 6.92 Å². The molecule has 0 aromatic heterocycles. The van der Waals surface area contributed by atoms with Gasteiger partial charge in [-0.25, -0.2) is 4.79 Å². The molecule has 5 nitrogen and oxygen atoms in total. The van der Waals surface area contributed by atoms with Crippen molar-refractivity contribution in [3.8, 4) is 5.75 Å². The third-order valence-electron chi connectivity index (χ3n) is 2.29. The third kappa shape index (κ3) is 2.88. The van der Waals surface area contributed by atoms with Crippen molar-refractivity contribution < 1.29 is 19.1 Å². The fourth-order valence-electron chi connectivity index (χ4n) is 1.63. The van der Waals surface area contributed by atoms with E-state index >= 15 is 0 Å². The van der Waals surface area contributed by atoms with E-state index in [0.29, 0.717) is 11.4 Å². The molecule has 1 saturated heterocycles. The molecule has 1 N–H and O–H groups in total. The van der Waals surface area contributed by atoms with Crippen LogP contribution < -0.4 is 10.1 Å². The molecule has 1 atom stereocenters. The molecule has 1 aliphatic heterocycles. The van der Waals surface area contributed by atoms with Gasteiger partial charge in [0.25, 0.3) is 0 Å². The Hall–Kier alpha value is -2.30. The van der Waals surface area contributed by atoms with Crippen LogP contribution in [-0.2, 0) is 14.3 Å². The van der Waals surface area contributed by atoms with Gasteiger partial charge in [-0.2, -0.15) is 0 Å². The molecule has 18 heavy (non-hydrogen) atoms. The van der Waals surface area contributed by atoms with Crippen molar-refractivity contribution in [2.24, 2.45) is 0 Å². The minimum absolute atomic E-state index is 0.319. The van der Waals surface area contributed by atoms with Gasteiger partial charge in [0.2, 0.25) is 0 Å². The number of rotatable bonds is 2. The third-order valence-corrected chi connectivity index (χ3v) is 2.29. The zero-order valence-corrected chi connectivity index (χ0v) is 10.1. The highest BCUT2D eigenvalue weighted by Crippen LogP contribution is 2.18. The zero-order valence-electron chi connectivity index (χ0n) is 10.1. The van der Waals surface area contributed by atoms with Crippen LogP contribution in [0.15, 0.2) is 30.0 Å². The fraction of sp³-hybridized carbons (Fsp3) is 0.231. The number of carbonyl (C=O) groups excluding carboxylic acids is 2. The van der Waals surface area contributed by atoms with E-state index in [1.807, 2.05) is 0 Å². The summed E-state index contributed by atoms with van der Waals surface area (Å²) in [6.45, 7) is 3.08. The lowest BCUT2D eigenvalue weighted by Gasteiger charge is -2.02. The van der Waals surface area contributed by atoms with Crippen molar-refractivity contribution in [1.82, 2.24) is 5.32 Å². The molecule has 0 aliphatic carbocycles. The highest BCUT2D eigenvalue weighted by atomic mass is 16.6. The maximum absolute atomic E-state index is 11.4. The first kappa shape index (κ1) is 12.2. The van der Waals surface area contributed by atoms with E-state index in [4.69, 9.17) is 9.47 Å². The summed E-state index contributed by atoms with van der Waals surface area (Å²) in [5, 5.41) is 2.89. The summed E-state index contributed by atoms with van der Waals surface area (Å²) in [5.74, 6) is -0.330.